The minimum atomic E-state index is -0.718. The van der Waals surface area contributed by atoms with E-state index in [1.807, 2.05) is 87.4 Å². The van der Waals surface area contributed by atoms with Gasteiger partial charge < -0.3 is 24.4 Å². The molecule has 0 spiro atoms. The van der Waals surface area contributed by atoms with Crippen molar-refractivity contribution < 1.29 is 24.2 Å². The summed E-state index contributed by atoms with van der Waals surface area (Å²) in [6, 6.07) is 21.7. The molecular formula is C31H34N2O5. The van der Waals surface area contributed by atoms with Gasteiger partial charge in [-0.1, -0.05) is 42.5 Å². The quantitative estimate of drug-likeness (QED) is 0.234. The maximum Gasteiger partial charge on any atom is 0.295 e. The summed E-state index contributed by atoms with van der Waals surface area (Å²) in [5, 5.41) is 11.3. The zero-order valence-corrected chi connectivity index (χ0v) is 22.3. The van der Waals surface area contributed by atoms with Crippen LogP contribution in [0, 0.1) is 6.92 Å². The van der Waals surface area contributed by atoms with Crippen LogP contribution in [0.3, 0.4) is 0 Å². The topological polar surface area (TPSA) is 79.3 Å². The molecule has 1 heterocycles. The highest BCUT2D eigenvalue weighted by Gasteiger charge is 2.45. The Labute approximate surface area is 223 Å². The number of rotatable bonds is 10. The summed E-state index contributed by atoms with van der Waals surface area (Å²) in [7, 11) is 3.82. The van der Waals surface area contributed by atoms with Gasteiger partial charge in [0.05, 0.1) is 18.2 Å². The molecule has 0 aromatic heterocycles. The SMILES string of the molecule is CCOc1ccc(/C(O)=C2/C(=O)C(=O)N(CCN(C)C)C2c2ccc(OCc3ccccc3)cc2)cc1C. The Hall–Kier alpha value is -4.10. The molecule has 1 N–H and O–H groups in total. The second-order valence-electron chi connectivity index (χ2n) is 9.55. The molecule has 7 heteroatoms. The molecule has 0 saturated carbocycles. The maximum atomic E-state index is 13.3. The second kappa shape index (κ2) is 12.0. The number of carbonyl (C=O) groups excluding carboxylic acids is 2. The lowest BCUT2D eigenvalue weighted by Gasteiger charge is -2.26. The van der Waals surface area contributed by atoms with E-state index in [0.717, 1.165) is 16.7 Å². The van der Waals surface area contributed by atoms with Crippen molar-refractivity contribution >= 4 is 17.4 Å². The number of aliphatic hydroxyl groups excluding tert-OH is 1. The molecule has 3 aromatic carbocycles. The predicted octanol–water partition coefficient (Wildman–Crippen LogP) is 4.96. The maximum absolute atomic E-state index is 13.3. The van der Waals surface area contributed by atoms with E-state index in [4.69, 9.17) is 9.47 Å². The van der Waals surface area contributed by atoms with Gasteiger partial charge in [0.1, 0.15) is 23.9 Å². The van der Waals surface area contributed by atoms with E-state index < -0.39 is 17.7 Å². The lowest BCUT2D eigenvalue weighted by atomic mass is 9.94. The van der Waals surface area contributed by atoms with Crippen LogP contribution in [0.1, 0.15) is 35.2 Å². The van der Waals surface area contributed by atoms with Crippen molar-refractivity contribution in [3.05, 3.63) is 101 Å². The molecular weight excluding hydrogens is 480 g/mol. The largest absolute Gasteiger partial charge is 0.507 e. The number of nitrogens with zero attached hydrogens (tertiary/aromatic N) is 2. The van der Waals surface area contributed by atoms with Crippen molar-refractivity contribution in [3.8, 4) is 11.5 Å². The van der Waals surface area contributed by atoms with Gasteiger partial charge in [-0.2, -0.15) is 0 Å². The van der Waals surface area contributed by atoms with Gasteiger partial charge in [-0.15, -0.1) is 0 Å². The molecule has 1 atom stereocenters. The molecule has 1 amide bonds. The molecule has 7 nitrogen and oxygen atoms in total. The van der Waals surface area contributed by atoms with Crippen molar-refractivity contribution in [1.29, 1.82) is 0 Å². The molecule has 1 unspecified atom stereocenters. The number of amides is 1. The zero-order chi connectivity index (χ0) is 27.2. The summed E-state index contributed by atoms with van der Waals surface area (Å²) in [5.74, 6) is -0.132. The summed E-state index contributed by atoms with van der Waals surface area (Å²) in [6.07, 6.45) is 0. The van der Waals surface area contributed by atoms with E-state index in [0.29, 0.717) is 43.4 Å². The van der Waals surface area contributed by atoms with Gasteiger partial charge in [0.25, 0.3) is 11.7 Å². The number of likely N-dealkylation sites (tertiary alicyclic amines) is 1. The number of hydrogen-bond donors (Lipinski definition) is 1. The van der Waals surface area contributed by atoms with Crippen LogP contribution in [0.2, 0.25) is 0 Å². The highest BCUT2D eigenvalue weighted by Crippen LogP contribution is 2.40. The molecule has 1 saturated heterocycles. The van der Waals surface area contributed by atoms with E-state index in [1.165, 1.54) is 4.90 Å². The lowest BCUT2D eigenvalue weighted by molar-refractivity contribution is -0.140. The summed E-state index contributed by atoms with van der Waals surface area (Å²) in [5.41, 5.74) is 3.15. The zero-order valence-electron chi connectivity index (χ0n) is 22.3. The third-order valence-electron chi connectivity index (χ3n) is 6.52. The van der Waals surface area contributed by atoms with Gasteiger partial charge in [0.2, 0.25) is 0 Å². The van der Waals surface area contributed by atoms with Crippen LogP contribution in [0.4, 0.5) is 0 Å². The van der Waals surface area contributed by atoms with Gasteiger partial charge >= 0.3 is 0 Å². The number of likely N-dealkylation sites (N-methyl/N-ethyl adjacent to an activating group) is 1. The van der Waals surface area contributed by atoms with Gasteiger partial charge in [0.15, 0.2) is 0 Å². The molecule has 1 aliphatic rings. The van der Waals surface area contributed by atoms with Crippen LogP contribution in [0.5, 0.6) is 11.5 Å². The summed E-state index contributed by atoms with van der Waals surface area (Å²) >= 11 is 0. The fourth-order valence-corrected chi connectivity index (χ4v) is 4.52. The van der Waals surface area contributed by atoms with Crippen LogP contribution < -0.4 is 9.47 Å². The van der Waals surface area contributed by atoms with Crippen LogP contribution in [0.25, 0.3) is 5.76 Å². The smallest absolute Gasteiger partial charge is 0.295 e. The Bertz CT molecular complexity index is 1320. The highest BCUT2D eigenvalue weighted by molar-refractivity contribution is 6.46. The highest BCUT2D eigenvalue weighted by atomic mass is 16.5. The average Bonchev–Trinajstić information content (AvgIpc) is 3.17. The Morgan fingerprint density at radius 3 is 2.32 bits per heavy atom. The molecule has 0 radical (unpaired) electrons. The number of Topliss-reactive ketones (excluding diaryl/α,β-unsaturated/α-hetero) is 1. The molecule has 3 aromatic rings. The van der Waals surface area contributed by atoms with Crippen LogP contribution >= 0.6 is 0 Å². The Morgan fingerprint density at radius 1 is 0.974 bits per heavy atom. The van der Waals surface area contributed by atoms with Crippen molar-refractivity contribution in [3.63, 3.8) is 0 Å². The number of ketones is 1. The monoisotopic (exact) mass is 514 g/mol. The van der Waals surface area contributed by atoms with Crippen molar-refractivity contribution in [2.75, 3.05) is 33.8 Å². The van der Waals surface area contributed by atoms with E-state index in [9.17, 15) is 14.7 Å². The first kappa shape index (κ1) is 26.9. The van der Waals surface area contributed by atoms with E-state index in [1.54, 1.807) is 18.2 Å². The standard InChI is InChI=1S/C31H34N2O5/c1-5-37-26-16-13-24(19-21(26)2)29(34)27-28(33(18-17-32(3)4)31(36)30(27)35)23-11-14-25(15-12-23)38-20-22-9-7-6-8-10-22/h6-16,19,28,34H,5,17-18,20H2,1-4H3/b29-27-. The first-order valence-corrected chi connectivity index (χ1v) is 12.7. The van der Waals surface area contributed by atoms with E-state index in [2.05, 4.69) is 0 Å². The minimum Gasteiger partial charge on any atom is -0.507 e. The molecule has 0 bridgehead atoms. The van der Waals surface area contributed by atoms with E-state index >= 15 is 0 Å². The molecule has 1 aliphatic heterocycles. The van der Waals surface area contributed by atoms with Crippen LogP contribution in [-0.2, 0) is 16.2 Å². The number of aryl methyl sites for hydroxylation is 1. The number of hydrogen-bond acceptors (Lipinski definition) is 6. The normalized spacial score (nSPS) is 16.8. The summed E-state index contributed by atoms with van der Waals surface area (Å²) in [6.45, 7) is 5.65. The Kier molecular flexibility index (Phi) is 8.48. The van der Waals surface area contributed by atoms with Gasteiger partial charge in [-0.05, 0) is 75.0 Å². The Balaban J connectivity index is 1.69. The fraction of sp³-hybridized carbons (Fsp3) is 0.290. The van der Waals surface area contributed by atoms with Crippen molar-refractivity contribution in [2.24, 2.45) is 0 Å². The number of ether oxygens (including phenoxy) is 2. The fourth-order valence-electron chi connectivity index (χ4n) is 4.52. The molecule has 0 aliphatic carbocycles. The summed E-state index contributed by atoms with van der Waals surface area (Å²) in [4.78, 5) is 29.9. The molecule has 198 valence electrons. The van der Waals surface area contributed by atoms with Crippen molar-refractivity contribution in [2.45, 2.75) is 26.5 Å². The van der Waals surface area contributed by atoms with Gasteiger partial charge in [0, 0.05) is 18.7 Å². The van der Waals surface area contributed by atoms with E-state index in [-0.39, 0.29) is 11.3 Å². The molecule has 4 rings (SSSR count). The lowest BCUT2D eigenvalue weighted by Crippen LogP contribution is -2.35. The van der Waals surface area contributed by atoms with Crippen LogP contribution in [0.15, 0.2) is 78.4 Å². The van der Waals surface area contributed by atoms with Crippen LogP contribution in [-0.4, -0.2) is 60.4 Å². The number of benzene rings is 3. The first-order valence-electron chi connectivity index (χ1n) is 12.7. The summed E-state index contributed by atoms with van der Waals surface area (Å²) < 4.78 is 11.5. The average molecular weight is 515 g/mol. The Morgan fingerprint density at radius 2 is 1.68 bits per heavy atom. The number of aliphatic hydroxyl groups is 1. The minimum absolute atomic E-state index is 0.0790. The number of carbonyl (C=O) groups is 2. The van der Waals surface area contributed by atoms with Gasteiger partial charge in [-0.25, -0.2) is 0 Å². The van der Waals surface area contributed by atoms with Gasteiger partial charge in [-0.3, -0.25) is 9.59 Å². The molecule has 1 fully saturated rings. The molecule has 38 heavy (non-hydrogen) atoms. The third-order valence-corrected chi connectivity index (χ3v) is 6.52. The first-order chi connectivity index (χ1) is 18.3. The third kappa shape index (κ3) is 5.89. The predicted molar refractivity (Wildman–Crippen MR) is 147 cm³/mol. The second-order valence-corrected chi connectivity index (χ2v) is 9.55. The van der Waals surface area contributed by atoms with Crippen molar-refractivity contribution in [1.82, 2.24) is 9.80 Å².